The number of nitriles is 1. The maximum atomic E-state index is 12.7. The summed E-state index contributed by atoms with van der Waals surface area (Å²) in [7, 11) is 0. The highest BCUT2D eigenvalue weighted by Crippen LogP contribution is 2.30. The van der Waals surface area contributed by atoms with Gasteiger partial charge >= 0.3 is 0 Å². The number of amides is 1. The summed E-state index contributed by atoms with van der Waals surface area (Å²) >= 11 is 0. The highest BCUT2D eigenvalue weighted by Gasteiger charge is 2.24. The number of carbonyl (C=O) groups excluding carboxylic acids is 1. The van der Waals surface area contributed by atoms with Gasteiger partial charge in [0, 0.05) is 18.2 Å². The number of ether oxygens (including phenoxy) is 2. The highest BCUT2D eigenvalue weighted by molar-refractivity contribution is 6.01. The van der Waals surface area contributed by atoms with Gasteiger partial charge in [0.2, 0.25) is 0 Å². The Labute approximate surface area is 199 Å². The van der Waals surface area contributed by atoms with Crippen molar-refractivity contribution in [2.75, 3.05) is 6.61 Å². The fourth-order valence-corrected chi connectivity index (χ4v) is 3.97. The van der Waals surface area contributed by atoms with Crippen LogP contribution in [0.2, 0.25) is 0 Å². The SMILES string of the molecule is CCOc1cc(/C=C(\C#N)C(=O)N[C@@H]2CCCC[C@H]2C)ccc1OCc1ccc([N+](=O)[O-])cc1. The zero-order valence-corrected chi connectivity index (χ0v) is 19.5. The fourth-order valence-electron chi connectivity index (χ4n) is 3.97. The van der Waals surface area contributed by atoms with Crippen molar-refractivity contribution in [3.05, 3.63) is 69.3 Å². The molecule has 1 aliphatic carbocycles. The van der Waals surface area contributed by atoms with E-state index in [1.807, 2.05) is 13.0 Å². The van der Waals surface area contributed by atoms with Crippen molar-refractivity contribution in [1.82, 2.24) is 5.32 Å². The van der Waals surface area contributed by atoms with Gasteiger partial charge in [-0.15, -0.1) is 0 Å². The van der Waals surface area contributed by atoms with Crippen LogP contribution < -0.4 is 14.8 Å². The third-order valence-electron chi connectivity index (χ3n) is 5.91. The second-order valence-electron chi connectivity index (χ2n) is 8.36. The summed E-state index contributed by atoms with van der Waals surface area (Å²) in [5.74, 6) is 1.01. The Bertz CT molecular complexity index is 1090. The zero-order valence-electron chi connectivity index (χ0n) is 19.5. The number of hydrogen-bond donors (Lipinski definition) is 1. The molecule has 1 aliphatic rings. The Hall–Kier alpha value is -3.86. The van der Waals surface area contributed by atoms with Gasteiger partial charge in [-0.2, -0.15) is 5.26 Å². The van der Waals surface area contributed by atoms with Crippen molar-refractivity contribution in [2.45, 2.75) is 52.2 Å². The third kappa shape index (κ3) is 6.58. The topological polar surface area (TPSA) is 114 Å². The van der Waals surface area contributed by atoms with Gasteiger partial charge in [0.15, 0.2) is 11.5 Å². The summed E-state index contributed by atoms with van der Waals surface area (Å²) in [6.45, 7) is 4.59. The second-order valence-corrected chi connectivity index (χ2v) is 8.36. The van der Waals surface area contributed by atoms with Gasteiger partial charge in [-0.25, -0.2) is 0 Å². The van der Waals surface area contributed by atoms with E-state index in [1.165, 1.54) is 18.6 Å². The van der Waals surface area contributed by atoms with Crippen LogP contribution in [0.1, 0.15) is 50.7 Å². The van der Waals surface area contributed by atoms with E-state index in [0.29, 0.717) is 29.6 Å². The first kappa shape index (κ1) is 24.8. The molecule has 8 heteroatoms. The Morgan fingerprint density at radius 2 is 1.91 bits per heavy atom. The Morgan fingerprint density at radius 1 is 1.18 bits per heavy atom. The number of nitro benzene ring substituents is 1. The zero-order chi connectivity index (χ0) is 24.5. The summed E-state index contributed by atoms with van der Waals surface area (Å²) in [6.07, 6.45) is 5.81. The van der Waals surface area contributed by atoms with E-state index in [-0.39, 0.29) is 29.8 Å². The van der Waals surface area contributed by atoms with Gasteiger partial charge in [-0.3, -0.25) is 14.9 Å². The molecule has 1 N–H and O–H groups in total. The van der Waals surface area contributed by atoms with Gasteiger partial charge in [-0.05, 0) is 67.2 Å². The second kappa shape index (κ2) is 11.8. The van der Waals surface area contributed by atoms with E-state index in [0.717, 1.165) is 24.8 Å². The minimum atomic E-state index is -0.449. The molecule has 0 heterocycles. The van der Waals surface area contributed by atoms with Gasteiger partial charge in [0.1, 0.15) is 18.2 Å². The molecular weight excluding hydrogens is 434 g/mol. The smallest absolute Gasteiger partial charge is 0.269 e. The molecule has 2 aromatic rings. The summed E-state index contributed by atoms with van der Waals surface area (Å²) in [6, 6.07) is 13.4. The van der Waals surface area contributed by atoms with Crippen LogP contribution in [-0.4, -0.2) is 23.5 Å². The molecule has 8 nitrogen and oxygen atoms in total. The van der Waals surface area contributed by atoms with E-state index < -0.39 is 4.92 Å². The van der Waals surface area contributed by atoms with E-state index in [2.05, 4.69) is 12.2 Å². The van der Waals surface area contributed by atoms with Gasteiger partial charge < -0.3 is 14.8 Å². The quantitative estimate of drug-likeness (QED) is 0.237. The average molecular weight is 464 g/mol. The van der Waals surface area contributed by atoms with Crippen molar-refractivity contribution in [2.24, 2.45) is 5.92 Å². The lowest BCUT2D eigenvalue weighted by molar-refractivity contribution is -0.384. The summed E-state index contributed by atoms with van der Waals surface area (Å²) in [5.41, 5.74) is 1.48. The minimum Gasteiger partial charge on any atom is -0.490 e. The average Bonchev–Trinajstić information content (AvgIpc) is 2.83. The van der Waals surface area contributed by atoms with E-state index in [1.54, 1.807) is 36.4 Å². The Morgan fingerprint density at radius 3 is 2.56 bits per heavy atom. The van der Waals surface area contributed by atoms with Crippen LogP contribution in [0.25, 0.3) is 6.08 Å². The standard InChI is InChI=1S/C26H29N3O5/c1-3-33-25-15-20(14-21(16-27)26(30)28-23-7-5-4-6-18(23)2)10-13-24(25)34-17-19-8-11-22(12-9-19)29(31)32/h8-15,18,23H,3-7,17H2,1-2H3,(H,28,30)/b21-14+/t18-,23-/m1/s1. The van der Waals surface area contributed by atoms with Crippen molar-refractivity contribution in [3.8, 4) is 17.6 Å². The lowest BCUT2D eigenvalue weighted by Crippen LogP contribution is -2.41. The number of carbonyl (C=O) groups is 1. The van der Waals surface area contributed by atoms with Crippen LogP contribution in [0, 0.1) is 27.4 Å². The van der Waals surface area contributed by atoms with Crippen LogP contribution in [0.3, 0.4) is 0 Å². The van der Waals surface area contributed by atoms with Crippen LogP contribution in [0.5, 0.6) is 11.5 Å². The predicted molar refractivity (Wildman–Crippen MR) is 128 cm³/mol. The van der Waals surface area contributed by atoms with Crippen molar-refractivity contribution >= 4 is 17.7 Å². The summed E-state index contributed by atoms with van der Waals surface area (Å²) in [5, 5.41) is 23.4. The third-order valence-corrected chi connectivity index (χ3v) is 5.91. The van der Waals surface area contributed by atoms with Crippen molar-refractivity contribution in [1.29, 1.82) is 5.26 Å². The molecule has 0 radical (unpaired) electrons. The maximum absolute atomic E-state index is 12.7. The van der Waals surface area contributed by atoms with Gasteiger partial charge in [-0.1, -0.05) is 25.8 Å². The molecule has 3 rings (SSSR count). The molecule has 2 atom stereocenters. The molecule has 0 saturated heterocycles. The van der Waals surface area contributed by atoms with Crippen molar-refractivity contribution in [3.63, 3.8) is 0 Å². The Kier molecular flexibility index (Phi) is 8.63. The highest BCUT2D eigenvalue weighted by atomic mass is 16.6. The summed E-state index contributed by atoms with van der Waals surface area (Å²) < 4.78 is 11.6. The molecule has 0 aromatic heterocycles. The number of rotatable bonds is 9. The lowest BCUT2D eigenvalue weighted by atomic mass is 9.86. The van der Waals surface area contributed by atoms with E-state index >= 15 is 0 Å². The number of non-ortho nitro benzene ring substituents is 1. The first-order chi connectivity index (χ1) is 16.4. The fraction of sp³-hybridized carbons (Fsp3) is 0.385. The number of benzene rings is 2. The number of nitro groups is 1. The van der Waals surface area contributed by atoms with Crippen LogP contribution in [0.4, 0.5) is 5.69 Å². The van der Waals surface area contributed by atoms with E-state index in [4.69, 9.17) is 9.47 Å². The number of hydrogen-bond acceptors (Lipinski definition) is 6. The van der Waals surface area contributed by atoms with Crippen LogP contribution in [-0.2, 0) is 11.4 Å². The number of nitrogens with zero attached hydrogens (tertiary/aromatic N) is 2. The minimum absolute atomic E-state index is 0.0187. The first-order valence-corrected chi connectivity index (χ1v) is 11.5. The van der Waals surface area contributed by atoms with Crippen molar-refractivity contribution < 1.29 is 19.2 Å². The lowest BCUT2D eigenvalue weighted by Gasteiger charge is -2.29. The molecule has 0 spiro atoms. The largest absolute Gasteiger partial charge is 0.490 e. The molecule has 1 saturated carbocycles. The monoisotopic (exact) mass is 463 g/mol. The normalized spacial score (nSPS) is 18.0. The van der Waals surface area contributed by atoms with E-state index in [9.17, 15) is 20.2 Å². The number of nitrogens with one attached hydrogen (secondary N) is 1. The van der Waals surface area contributed by atoms with Crippen LogP contribution >= 0.6 is 0 Å². The molecule has 34 heavy (non-hydrogen) atoms. The molecule has 0 bridgehead atoms. The first-order valence-electron chi connectivity index (χ1n) is 11.5. The molecule has 1 fully saturated rings. The van der Waals surface area contributed by atoms with Gasteiger partial charge in [0.25, 0.3) is 11.6 Å². The predicted octanol–water partition coefficient (Wildman–Crippen LogP) is 5.17. The van der Waals surface area contributed by atoms with Gasteiger partial charge in [0.05, 0.1) is 11.5 Å². The molecule has 0 aliphatic heterocycles. The summed E-state index contributed by atoms with van der Waals surface area (Å²) in [4.78, 5) is 23.0. The molecule has 1 amide bonds. The molecule has 178 valence electrons. The molecule has 2 aromatic carbocycles. The Balaban J connectivity index is 1.72. The molecule has 0 unspecified atom stereocenters. The van der Waals surface area contributed by atoms with Crippen LogP contribution in [0.15, 0.2) is 48.0 Å². The molecular formula is C26H29N3O5. The maximum Gasteiger partial charge on any atom is 0.269 e.